The van der Waals surface area contributed by atoms with Crippen molar-refractivity contribution in [1.82, 2.24) is 5.43 Å². The van der Waals surface area contributed by atoms with E-state index in [9.17, 15) is 4.79 Å². The Morgan fingerprint density at radius 3 is 2.94 bits per heavy atom. The van der Waals surface area contributed by atoms with E-state index < -0.39 is 0 Å². The third kappa shape index (κ3) is 5.07. The fourth-order valence-corrected chi connectivity index (χ4v) is 1.60. The summed E-state index contributed by atoms with van der Waals surface area (Å²) in [7, 11) is 0. The third-order valence-electron chi connectivity index (χ3n) is 1.85. The van der Waals surface area contributed by atoms with Crippen LogP contribution in [0.3, 0.4) is 0 Å². The van der Waals surface area contributed by atoms with Gasteiger partial charge in [0, 0.05) is 10.9 Å². The maximum absolute atomic E-state index is 11.3. The molecule has 16 heavy (non-hydrogen) atoms. The number of rotatable bonds is 4. The molecule has 0 radical (unpaired) electrons. The van der Waals surface area contributed by atoms with E-state index >= 15 is 0 Å². The molecule has 0 spiro atoms. The van der Waals surface area contributed by atoms with Gasteiger partial charge in [0.05, 0.1) is 6.21 Å². The van der Waals surface area contributed by atoms with Crippen molar-refractivity contribution in [1.29, 1.82) is 0 Å². The zero-order valence-corrected chi connectivity index (χ0v) is 11.0. The van der Waals surface area contributed by atoms with Gasteiger partial charge in [-0.3, -0.25) is 4.79 Å². The second-order valence-corrected chi connectivity index (χ2v) is 4.86. The number of carbonyl (C=O) groups excluding carboxylic acids is 1. The van der Waals surface area contributed by atoms with Crippen LogP contribution in [0.4, 0.5) is 0 Å². The Balaban J connectivity index is 2.46. The van der Waals surface area contributed by atoms with E-state index in [1.54, 1.807) is 6.21 Å². The van der Waals surface area contributed by atoms with Crippen LogP contribution in [0.2, 0.25) is 0 Å². The fourth-order valence-electron chi connectivity index (χ4n) is 1.18. The summed E-state index contributed by atoms with van der Waals surface area (Å²) in [5.41, 5.74) is 3.44. The van der Waals surface area contributed by atoms with Crippen molar-refractivity contribution in [2.24, 2.45) is 11.0 Å². The second-order valence-electron chi connectivity index (χ2n) is 3.95. The van der Waals surface area contributed by atoms with Gasteiger partial charge in [-0.05, 0) is 23.6 Å². The molecule has 0 heterocycles. The minimum absolute atomic E-state index is 0.0544. The van der Waals surface area contributed by atoms with Crippen LogP contribution in [0.1, 0.15) is 25.8 Å². The minimum atomic E-state index is -0.0544. The number of carbonyl (C=O) groups is 1. The maximum Gasteiger partial charge on any atom is 0.240 e. The summed E-state index contributed by atoms with van der Waals surface area (Å²) in [5, 5.41) is 3.89. The van der Waals surface area contributed by atoms with Gasteiger partial charge < -0.3 is 0 Å². The Hall–Kier alpha value is -1.16. The predicted octanol–water partition coefficient (Wildman–Crippen LogP) is 2.95. The van der Waals surface area contributed by atoms with E-state index in [1.807, 2.05) is 38.1 Å². The lowest BCUT2D eigenvalue weighted by Crippen LogP contribution is -2.19. The molecule has 86 valence electrons. The lowest BCUT2D eigenvalue weighted by atomic mass is 10.1. The van der Waals surface area contributed by atoms with E-state index in [-0.39, 0.29) is 5.91 Å². The molecule has 1 amide bonds. The summed E-state index contributed by atoms with van der Waals surface area (Å²) in [6.07, 6.45) is 2.12. The first-order valence-electron chi connectivity index (χ1n) is 5.15. The van der Waals surface area contributed by atoms with Gasteiger partial charge in [-0.2, -0.15) is 5.10 Å². The van der Waals surface area contributed by atoms with Crippen molar-refractivity contribution in [3.05, 3.63) is 34.3 Å². The average Bonchev–Trinajstić information content (AvgIpc) is 2.16. The largest absolute Gasteiger partial charge is 0.273 e. The molecule has 0 aliphatic rings. The van der Waals surface area contributed by atoms with Gasteiger partial charge >= 0.3 is 0 Å². The van der Waals surface area contributed by atoms with Crippen LogP contribution in [0, 0.1) is 5.92 Å². The topological polar surface area (TPSA) is 41.5 Å². The van der Waals surface area contributed by atoms with Crippen molar-refractivity contribution >= 4 is 28.1 Å². The Labute approximate surface area is 104 Å². The van der Waals surface area contributed by atoms with Gasteiger partial charge in [-0.1, -0.05) is 41.9 Å². The van der Waals surface area contributed by atoms with Gasteiger partial charge in [0.1, 0.15) is 0 Å². The zero-order valence-electron chi connectivity index (χ0n) is 9.40. The number of amides is 1. The van der Waals surface area contributed by atoms with Crippen molar-refractivity contribution in [3.8, 4) is 0 Å². The summed E-state index contributed by atoms with van der Waals surface area (Å²) in [6.45, 7) is 4.00. The maximum atomic E-state index is 11.3. The molecule has 3 nitrogen and oxygen atoms in total. The van der Waals surface area contributed by atoms with E-state index in [1.165, 1.54) is 0 Å². The third-order valence-corrected chi connectivity index (χ3v) is 2.34. The first-order chi connectivity index (χ1) is 7.58. The number of halogens is 1. The standard InChI is InChI=1S/C12H15BrN2O/c1-9(2)6-12(16)15-14-8-10-4-3-5-11(13)7-10/h3-5,7-9H,6H2,1-2H3,(H,15,16)/b14-8+. The van der Waals surface area contributed by atoms with Crippen LogP contribution in [0.5, 0.6) is 0 Å². The van der Waals surface area contributed by atoms with Gasteiger partial charge in [-0.15, -0.1) is 0 Å². The van der Waals surface area contributed by atoms with E-state index in [0.29, 0.717) is 12.3 Å². The Kier molecular flexibility index (Phi) is 5.19. The lowest BCUT2D eigenvalue weighted by Gasteiger charge is -2.01. The summed E-state index contributed by atoms with van der Waals surface area (Å²) < 4.78 is 0.991. The van der Waals surface area contributed by atoms with Crippen molar-refractivity contribution in [3.63, 3.8) is 0 Å². The van der Waals surface area contributed by atoms with Crippen LogP contribution in [-0.4, -0.2) is 12.1 Å². The fraction of sp³-hybridized carbons (Fsp3) is 0.333. The molecule has 4 heteroatoms. The molecule has 0 bridgehead atoms. The average molecular weight is 283 g/mol. The number of nitrogens with one attached hydrogen (secondary N) is 1. The second kappa shape index (κ2) is 6.43. The number of hydrogen-bond acceptors (Lipinski definition) is 2. The first kappa shape index (κ1) is 12.9. The molecule has 0 aliphatic heterocycles. The first-order valence-corrected chi connectivity index (χ1v) is 5.94. The van der Waals surface area contributed by atoms with Crippen LogP contribution in [0.25, 0.3) is 0 Å². The van der Waals surface area contributed by atoms with Gasteiger partial charge in [0.25, 0.3) is 0 Å². The molecule has 0 aliphatic carbocycles. The number of nitrogens with zero attached hydrogens (tertiary/aromatic N) is 1. The molecular weight excluding hydrogens is 268 g/mol. The van der Waals surface area contributed by atoms with Crippen LogP contribution in [0.15, 0.2) is 33.8 Å². The highest BCUT2D eigenvalue weighted by molar-refractivity contribution is 9.10. The molecule has 1 aromatic carbocycles. The number of hydrazone groups is 1. The Morgan fingerprint density at radius 1 is 1.56 bits per heavy atom. The van der Waals surface area contributed by atoms with E-state index in [4.69, 9.17) is 0 Å². The van der Waals surface area contributed by atoms with E-state index in [2.05, 4.69) is 26.5 Å². The summed E-state index contributed by atoms with van der Waals surface area (Å²) in [6, 6.07) is 7.71. The number of hydrogen-bond donors (Lipinski definition) is 1. The molecule has 0 saturated carbocycles. The summed E-state index contributed by atoms with van der Waals surface area (Å²) in [5.74, 6) is 0.294. The molecule has 0 unspecified atom stereocenters. The normalized spacial score (nSPS) is 11.0. The lowest BCUT2D eigenvalue weighted by molar-refractivity contribution is -0.121. The predicted molar refractivity (Wildman–Crippen MR) is 69.3 cm³/mol. The number of benzene rings is 1. The van der Waals surface area contributed by atoms with Crippen molar-refractivity contribution < 1.29 is 4.79 Å². The highest BCUT2D eigenvalue weighted by Crippen LogP contribution is 2.09. The highest BCUT2D eigenvalue weighted by atomic mass is 79.9. The summed E-state index contributed by atoms with van der Waals surface area (Å²) >= 11 is 3.37. The Morgan fingerprint density at radius 2 is 2.31 bits per heavy atom. The van der Waals surface area contributed by atoms with Gasteiger partial charge in [0.2, 0.25) is 5.91 Å². The molecule has 0 fully saturated rings. The monoisotopic (exact) mass is 282 g/mol. The van der Waals surface area contributed by atoms with Gasteiger partial charge in [-0.25, -0.2) is 5.43 Å². The Bertz CT molecular complexity index is 388. The summed E-state index contributed by atoms with van der Waals surface area (Å²) in [4.78, 5) is 11.3. The molecule has 1 N–H and O–H groups in total. The minimum Gasteiger partial charge on any atom is -0.273 e. The molecule has 0 atom stereocenters. The zero-order chi connectivity index (χ0) is 12.0. The molecule has 0 aromatic heterocycles. The molecule has 1 rings (SSSR count). The van der Waals surface area contributed by atoms with Crippen LogP contribution < -0.4 is 5.43 Å². The molecular formula is C12H15BrN2O. The van der Waals surface area contributed by atoms with Crippen LogP contribution in [-0.2, 0) is 4.79 Å². The SMILES string of the molecule is CC(C)CC(=O)N/N=C/c1cccc(Br)c1. The van der Waals surface area contributed by atoms with Crippen molar-refractivity contribution in [2.75, 3.05) is 0 Å². The molecule has 1 aromatic rings. The van der Waals surface area contributed by atoms with E-state index in [0.717, 1.165) is 10.0 Å². The van der Waals surface area contributed by atoms with Crippen LogP contribution >= 0.6 is 15.9 Å². The quantitative estimate of drug-likeness (QED) is 0.670. The smallest absolute Gasteiger partial charge is 0.240 e. The molecule has 0 saturated heterocycles. The highest BCUT2D eigenvalue weighted by Gasteiger charge is 2.02. The van der Waals surface area contributed by atoms with Gasteiger partial charge in [0.15, 0.2) is 0 Å². The van der Waals surface area contributed by atoms with Crippen molar-refractivity contribution in [2.45, 2.75) is 20.3 Å².